The summed E-state index contributed by atoms with van der Waals surface area (Å²) in [6.07, 6.45) is 5.02. The standard InChI is InChI=1S/C29H32F2N6O2S/c1-29(7-8-29)20-39-27-26(18-34-37(28(27)38)25-16-22(30)15-23(31)17-25)35-11-13-36(14-12-35)40(2)19-21-3-5-24(6-4-21)33-10-9-32/h2-6,10,15-18,32-33,40H,7-8,11-14,19-20H2,1H3. The molecule has 2 fully saturated rings. The zero-order valence-corrected chi connectivity index (χ0v) is 23.1. The van der Waals surface area contributed by atoms with Gasteiger partial charge in [-0.1, -0.05) is 19.1 Å². The Kier molecular flexibility index (Phi) is 8.09. The molecule has 2 N–H and O–H groups in total. The predicted octanol–water partition coefficient (Wildman–Crippen LogP) is 4.69. The molecular weight excluding hydrogens is 534 g/mol. The molecule has 8 nitrogen and oxygen atoms in total. The third-order valence-corrected chi connectivity index (χ3v) is 9.06. The Bertz CT molecular complexity index is 1540. The maximum atomic E-state index is 13.9. The van der Waals surface area contributed by atoms with Crippen molar-refractivity contribution in [2.75, 3.05) is 43.0 Å². The third-order valence-electron chi connectivity index (χ3n) is 7.24. The second-order valence-electron chi connectivity index (χ2n) is 10.5. The Morgan fingerprint density at radius 2 is 1.82 bits per heavy atom. The first-order chi connectivity index (χ1) is 19.2. The molecule has 0 amide bonds. The van der Waals surface area contributed by atoms with Crippen LogP contribution in [0.3, 0.4) is 0 Å². The maximum Gasteiger partial charge on any atom is 0.316 e. The van der Waals surface area contributed by atoms with Crippen molar-refractivity contribution in [1.82, 2.24) is 14.1 Å². The van der Waals surface area contributed by atoms with Gasteiger partial charge in [-0.15, -0.1) is 16.2 Å². The van der Waals surface area contributed by atoms with Gasteiger partial charge in [-0.25, -0.2) is 8.78 Å². The Hall–Kier alpha value is -3.88. The highest BCUT2D eigenvalue weighted by atomic mass is 32.2. The van der Waals surface area contributed by atoms with Gasteiger partial charge in [-0.3, -0.25) is 14.5 Å². The molecule has 2 aliphatic rings. The summed E-state index contributed by atoms with van der Waals surface area (Å²) >= 11 is 0. The van der Waals surface area contributed by atoms with Gasteiger partial charge in [-0.2, -0.15) is 9.78 Å². The molecule has 3 aromatic rings. The summed E-state index contributed by atoms with van der Waals surface area (Å²) in [5.74, 6) is 1.49. The van der Waals surface area contributed by atoms with Crippen LogP contribution >= 0.6 is 10.5 Å². The average Bonchev–Trinajstić information content (AvgIpc) is 3.68. The molecule has 2 aromatic carbocycles. The lowest BCUT2D eigenvalue weighted by Crippen LogP contribution is -2.44. The molecule has 1 atom stereocenters. The summed E-state index contributed by atoms with van der Waals surface area (Å²) in [6, 6.07) is 10.8. The molecule has 5 rings (SSSR count). The zero-order chi connectivity index (χ0) is 28.3. The van der Waals surface area contributed by atoms with E-state index < -0.39 is 27.7 Å². The molecule has 1 aromatic heterocycles. The molecule has 0 radical (unpaired) electrons. The summed E-state index contributed by atoms with van der Waals surface area (Å²) < 4.78 is 37.1. The molecule has 1 unspecified atom stereocenters. The summed E-state index contributed by atoms with van der Waals surface area (Å²) in [4.78, 5) is 15.6. The van der Waals surface area contributed by atoms with Gasteiger partial charge in [-0.05, 0) is 48.5 Å². The number of halogens is 2. The minimum Gasteiger partial charge on any atom is -0.486 e. The molecule has 2 heterocycles. The lowest BCUT2D eigenvalue weighted by atomic mass is 10.2. The monoisotopic (exact) mass is 566 g/mol. The van der Waals surface area contributed by atoms with E-state index in [0.29, 0.717) is 38.5 Å². The number of hydrogen-bond acceptors (Lipinski definition) is 7. The minimum absolute atomic E-state index is 0.00475. The van der Waals surface area contributed by atoms with Crippen LogP contribution in [0.4, 0.5) is 20.2 Å². The number of hydrogen-bond donors (Lipinski definition) is 3. The molecule has 40 heavy (non-hydrogen) atoms. The van der Waals surface area contributed by atoms with Crippen molar-refractivity contribution in [3.63, 3.8) is 0 Å². The van der Waals surface area contributed by atoms with Gasteiger partial charge < -0.3 is 15.0 Å². The molecular formula is C29H32F2N6O2S. The highest BCUT2D eigenvalue weighted by molar-refractivity contribution is 8.03. The number of aromatic nitrogens is 2. The first-order valence-electron chi connectivity index (χ1n) is 13.1. The van der Waals surface area contributed by atoms with Gasteiger partial charge in [0.25, 0.3) is 0 Å². The van der Waals surface area contributed by atoms with Crippen LogP contribution in [0, 0.1) is 28.1 Å². The molecule has 0 spiro atoms. The SMILES string of the molecule is C#[SH](Cc1ccc(NC=C=N)cc1)N1CCN(c2cnn(-c3cc(F)cc(F)c3)c(=O)c2OCC2(C)CC2)CC1. The molecule has 1 aliphatic carbocycles. The summed E-state index contributed by atoms with van der Waals surface area (Å²) in [5.41, 5.74) is 8.68. The van der Waals surface area contributed by atoms with Crippen molar-refractivity contribution in [3.05, 3.63) is 82.4 Å². The van der Waals surface area contributed by atoms with Crippen LogP contribution in [0.2, 0.25) is 0 Å². The number of thiol groups is 1. The highest BCUT2D eigenvalue weighted by Gasteiger charge is 2.39. The van der Waals surface area contributed by atoms with Gasteiger partial charge in [0, 0.05) is 49.1 Å². The van der Waals surface area contributed by atoms with E-state index in [1.165, 1.54) is 6.20 Å². The van der Waals surface area contributed by atoms with Crippen molar-refractivity contribution < 1.29 is 13.5 Å². The number of rotatable bonds is 8. The number of anilines is 2. The van der Waals surface area contributed by atoms with E-state index in [2.05, 4.69) is 32.4 Å². The van der Waals surface area contributed by atoms with Crippen molar-refractivity contribution in [1.29, 1.82) is 5.41 Å². The van der Waals surface area contributed by atoms with E-state index >= 15 is 0 Å². The van der Waals surface area contributed by atoms with Crippen LogP contribution in [0.15, 0.2) is 59.7 Å². The van der Waals surface area contributed by atoms with E-state index in [0.717, 1.165) is 52.7 Å². The number of piperazine rings is 1. The second kappa shape index (κ2) is 11.7. The van der Waals surface area contributed by atoms with Gasteiger partial charge in [0.2, 0.25) is 5.75 Å². The maximum absolute atomic E-state index is 13.9. The van der Waals surface area contributed by atoms with Crippen LogP contribution in [-0.2, 0) is 5.75 Å². The molecule has 1 aliphatic heterocycles. The molecule has 210 valence electrons. The van der Waals surface area contributed by atoms with Crippen LogP contribution in [0.5, 0.6) is 5.75 Å². The van der Waals surface area contributed by atoms with E-state index in [9.17, 15) is 13.6 Å². The summed E-state index contributed by atoms with van der Waals surface area (Å²) in [6.45, 7) is 5.16. The first-order valence-corrected chi connectivity index (χ1v) is 14.6. The third kappa shape index (κ3) is 6.46. The molecule has 11 heteroatoms. The highest BCUT2D eigenvalue weighted by Crippen LogP contribution is 2.45. The molecule has 0 bridgehead atoms. The zero-order valence-electron chi connectivity index (χ0n) is 22.2. The Balaban J connectivity index is 1.30. The molecule has 1 saturated carbocycles. The lowest BCUT2D eigenvalue weighted by Gasteiger charge is -2.37. The van der Waals surface area contributed by atoms with E-state index in [1.807, 2.05) is 24.3 Å². The van der Waals surface area contributed by atoms with Crippen molar-refractivity contribution in [2.45, 2.75) is 25.5 Å². The Morgan fingerprint density at radius 1 is 1.15 bits per heavy atom. The largest absolute Gasteiger partial charge is 0.486 e. The van der Waals surface area contributed by atoms with E-state index in [-0.39, 0.29) is 16.9 Å². The first kappa shape index (κ1) is 27.7. The van der Waals surface area contributed by atoms with Crippen molar-refractivity contribution in [3.8, 4) is 17.1 Å². The van der Waals surface area contributed by atoms with Crippen molar-refractivity contribution in [2.24, 2.45) is 5.41 Å². The number of benzene rings is 2. The Labute approximate surface area is 234 Å². The summed E-state index contributed by atoms with van der Waals surface area (Å²) in [5, 5.41) is 14.2. The van der Waals surface area contributed by atoms with Gasteiger partial charge >= 0.3 is 5.56 Å². The van der Waals surface area contributed by atoms with Crippen LogP contribution in [-0.4, -0.2) is 52.7 Å². The van der Waals surface area contributed by atoms with Crippen LogP contribution < -0.4 is 20.5 Å². The average molecular weight is 567 g/mol. The van der Waals surface area contributed by atoms with Gasteiger partial charge in [0.15, 0.2) is 0 Å². The van der Waals surface area contributed by atoms with Gasteiger partial charge in [0.1, 0.15) is 17.3 Å². The van der Waals surface area contributed by atoms with Crippen LogP contribution in [0.25, 0.3) is 5.69 Å². The van der Waals surface area contributed by atoms with E-state index in [1.54, 1.807) is 6.20 Å². The fraction of sp³-hybridized carbons (Fsp3) is 0.345. The number of ether oxygens (including phenoxy) is 1. The topological polar surface area (TPSA) is 86.5 Å². The lowest BCUT2D eigenvalue weighted by molar-refractivity contribution is 0.242. The Morgan fingerprint density at radius 3 is 2.45 bits per heavy atom. The quantitative estimate of drug-likeness (QED) is 0.271. The number of nitrogens with one attached hydrogen (secondary N) is 2. The smallest absolute Gasteiger partial charge is 0.316 e. The van der Waals surface area contributed by atoms with E-state index in [4.69, 9.17) is 15.8 Å². The predicted molar refractivity (Wildman–Crippen MR) is 156 cm³/mol. The molecule has 1 saturated heterocycles. The van der Waals surface area contributed by atoms with Crippen molar-refractivity contribution >= 4 is 27.7 Å². The normalized spacial score (nSPS) is 17.1. The summed E-state index contributed by atoms with van der Waals surface area (Å²) in [7, 11) is -0.901. The van der Waals surface area contributed by atoms with Crippen LogP contribution in [0.1, 0.15) is 25.3 Å². The van der Waals surface area contributed by atoms with Gasteiger partial charge in [0.05, 0.1) is 24.7 Å². The fourth-order valence-corrected chi connectivity index (χ4v) is 6.02. The second-order valence-corrected chi connectivity index (χ2v) is 12.2. The fourth-order valence-electron chi connectivity index (χ4n) is 4.55. The number of nitrogens with zero attached hydrogens (tertiary/aromatic N) is 4. The minimum atomic E-state index is -0.901.